The Bertz CT molecular complexity index is 1270. The van der Waals surface area contributed by atoms with Crippen LogP contribution in [0.3, 0.4) is 0 Å². The monoisotopic (exact) mass is 492 g/mol. The summed E-state index contributed by atoms with van der Waals surface area (Å²) in [6.45, 7) is 3.12. The molecular formula is C27H28N2O5S. The van der Waals surface area contributed by atoms with E-state index in [2.05, 4.69) is 10.0 Å². The van der Waals surface area contributed by atoms with E-state index in [1.807, 2.05) is 55.5 Å². The number of esters is 1. The third kappa shape index (κ3) is 7.91. The van der Waals surface area contributed by atoms with Crippen molar-refractivity contribution in [3.05, 3.63) is 107 Å². The van der Waals surface area contributed by atoms with Gasteiger partial charge < -0.3 is 10.1 Å². The molecule has 3 rings (SSSR count). The molecule has 182 valence electrons. The number of nitrogens with one attached hydrogen (secondary N) is 2. The van der Waals surface area contributed by atoms with Crippen LogP contribution in [0.5, 0.6) is 0 Å². The lowest BCUT2D eigenvalue weighted by atomic mass is 10.1. The molecule has 0 aliphatic rings. The van der Waals surface area contributed by atoms with Crippen molar-refractivity contribution >= 4 is 28.0 Å². The van der Waals surface area contributed by atoms with Crippen LogP contribution >= 0.6 is 0 Å². The maximum Gasteiger partial charge on any atom is 0.354 e. The molecule has 3 aromatic rings. The number of carbonyl (C=O) groups is 2. The Morgan fingerprint density at radius 1 is 0.914 bits per heavy atom. The first-order valence-corrected chi connectivity index (χ1v) is 12.6. The molecule has 0 radical (unpaired) electrons. The highest BCUT2D eigenvalue weighted by Crippen LogP contribution is 2.21. The summed E-state index contributed by atoms with van der Waals surface area (Å²) in [5.74, 6) is -1.12. The van der Waals surface area contributed by atoms with Crippen molar-refractivity contribution in [1.82, 2.24) is 10.0 Å². The van der Waals surface area contributed by atoms with Gasteiger partial charge in [0.2, 0.25) is 15.9 Å². The Labute approximate surface area is 205 Å². The van der Waals surface area contributed by atoms with Crippen LogP contribution in [0.4, 0.5) is 0 Å². The number of ether oxygens (including phenoxy) is 1. The van der Waals surface area contributed by atoms with Crippen LogP contribution in [0.15, 0.2) is 95.5 Å². The normalized spacial score (nSPS) is 12.6. The minimum absolute atomic E-state index is 0.000183. The maximum absolute atomic E-state index is 13.0. The second-order valence-corrected chi connectivity index (χ2v) is 9.69. The van der Waals surface area contributed by atoms with Crippen LogP contribution in [-0.4, -0.2) is 26.9 Å². The molecule has 7 nitrogen and oxygen atoms in total. The summed E-state index contributed by atoms with van der Waals surface area (Å²) < 4.78 is 34.1. The van der Waals surface area contributed by atoms with Crippen molar-refractivity contribution < 1.29 is 22.7 Å². The lowest BCUT2D eigenvalue weighted by molar-refractivity contribution is -0.140. The van der Waals surface area contributed by atoms with Gasteiger partial charge >= 0.3 is 5.97 Å². The summed E-state index contributed by atoms with van der Waals surface area (Å²) >= 11 is 0. The number of aryl methyl sites for hydroxylation is 1. The van der Waals surface area contributed by atoms with Crippen molar-refractivity contribution in [3.8, 4) is 0 Å². The number of hydrogen-bond donors (Lipinski definition) is 2. The summed E-state index contributed by atoms with van der Waals surface area (Å²) in [5, 5.41) is 2.50. The van der Waals surface area contributed by atoms with Crippen LogP contribution in [0.1, 0.15) is 36.1 Å². The van der Waals surface area contributed by atoms with Crippen molar-refractivity contribution in [2.45, 2.75) is 31.2 Å². The van der Waals surface area contributed by atoms with Gasteiger partial charge in [-0.05, 0) is 36.3 Å². The van der Waals surface area contributed by atoms with Crippen LogP contribution in [0.25, 0.3) is 6.08 Å². The van der Waals surface area contributed by atoms with E-state index < -0.39 is 27.9 Å². The average Bonchev–Trinajstić information content (AvgIpc) is 2.84. The Kier molecular flexibility index (Phi) is 8.94. The smallest absolute Gasteiger partial charge is 0.354 e. The third-order valence-electron chi connectivity index (χ3n) is 5.11. The van der Waals surface area contributed by atoms with Crippen molar-refractivity contribution in [2.75, 3.05) is 6.61 Å². The summed E-state index contributed by atoms with van der Waals surface area (Å²) in [6, 6.07) is 24.1. The van der Waals surface area contributed by atoms with Gasteiger partial charge in [0.1, 0.15) is 5.70 Å². The first kappa shape index (κ1) is 25.9. The molecule has 0 bridgehead atoms. The summed E-state index contributed by atoms with van der Waals surface area (Å²) in [5.41, 5.74) is 2.41. The van der Waals surface area contributed by atoms with Gasteiger partial charge in [-0.15, -0.1) is 0 Å². The average molecular weight is 493 g/mol. The Balaban J connectivity index is 1.73. The summed E-state index contributed by atoms with van der Waals surface area (Å²) in [7, 11) is -3.81. The van der Waals surface area contributed by atoms with Gasteiger partial charge in [0.15, 0.2) is 0 Å². The van der Waals surface area contributed by atoms with Gasteiger partial charge in [-0.3, -0.25) is 4.79 Å². The molecule has 1 unspecified atom stereocenters. The van der Waals surface area contributed by atoms with E-state index in [0.717, 1.165) is 16.7 Å². The van der Waals surface area contributed by atoms with Crippen LogP contribution in [-0.2, 0) is 24.3 Å². The van der Waals surface area contributed by atoms with E-state index in [1.165, 1.54) is 13.0 Å². The quantitative estimate of drug-likeness (QED) is 0.327. The largest absolute Gasteiger partial charge is 0.461 e. The highest BCUT2D eigenvalue weighted by molar-refractivity contribution is 7.89. The predicted molar refractivity (Wildman–Crippen MR) is 134 cm³/mol. The fraction of sp³-hybridized carbons (Fsp3) is 0.185. The van der Waals surface area contributed by atoms with E-state index in [9.17, 15) is 18.0 Å². The minimum atomic E-state index is -3.81. The molecule has 0 aliphatic heterocycles. The molecule has 0 fully saturated rings. The van der Waals surface area contributed by atoms with Gasteiger partial charge in [-0.1, -0.05) is 78.4 Å². The number of amides is 1. The standard InChI is InChI=1S/C27H28N2O5S/c1-20-13-15-24(16-14-20)35(32,33)29-25(23-11-7-4-8-12-23)17-18-34-27(31)26(28-21(2)30)19-22-9-5-3-6-10-22/h3-16,19,25,29H,17-18H2,1-2H3,(H,28,30)/b26-19+. The zero-order chi connectivity index (χ0) is 25.3. The van der Waals surface area contributed by atoms with Gasteiger partial charge in [0.25, 0.3) is 0 Å². The van der Waals surface area contributed by atoms with E-state index in [-0.39, 0.29) is 23.6 Å². The van der Waals surface area contributed by atoms with E-state index in [4.69, 9.17) is 4.74 Å². The molecule has 0 heterocycles. The Morgan fingerprint density at radius 3 is 2.11 bits per heavy atom. The Morgan fingerprint density at radius 2 is 1.51 bits per heavy atom. The molecule has 3 aromatic carbocycles. The molecule has 0 aliphatic carbocycles. The number of carbonyl (C=O) groups excluding carboxylic acids is 2. The molecule has 0 saturated heterocycles. The fourth-order valence-corrected chi connectivity index (χ4v) is 4.61. The zero-order valence-corrected chi connectivity index (χ0v) is 20.4. The molecule has 8 heteroatoms. The van der Waals surface area contributed by atoms with Crippen molar-refractivity contribution in [1.29, 1.82) is 0 Å². The van der Waals surface area contributed by atoms with Gasteiger partial charge in [0.05, 0.1) is 17.5 Å². The lowest BCUT2D eigenvalue weighted by Gasteiger charge is -2.20. The van der Waals surface area contributed by atoms with E-state index >= 15 is 0 Å². The lowest BCUT2D eigenvalue weighted by Crippen LogP contribution is -2.30. The molecule has 2 N–H and O–H groups in total. The minimum Gasteiger partial charge on any atom is -0.461 e. The number of benzene rings is 3. The second kappa shape index (κ2) is 12.1. The van der Waals surface area contributed by atoms with Crippen molar-refractivity contribution in [3.63, 3.8) is 0 Å². The maximum atomic E-state index is 13.0. The zero-order valence-electron chi connectivity index (χ0n) is 19.6. The highest BCUT2D eigenvalue weighted by Gasteiger charge is 2.22. The van der Waals surface area contributed by atoms with E-state index in [0.29, 0.717) is 0 Å². The SMILES string of the molecule is CC(=O)N/C(=C/c1ccccc1)C(=O)OCCC(NS(=O)(=O)c1ccc(C)cc1)c1ccccc1. The molecule has 0 spiro atoms. The second-order valence-electron chi connectivity index (χ2n) is 7.97. The number of sulfonamides is 1. The first-order chi connectivity index (χ1) is 16.7. The van der Waals surface area contributed by atoms with Crippen LogP contribution < -0.4 is 10.0 Å². The third-order valence-corrected chi connectivity index (χ3v) is 6.60. The van der Waals surface area contributed by atoms with Gasteiger partial charge in [0, 0.05) is 13.3 Å². The first-order valence-electron chi connectivity index (χ1n) is 11.1. The van der Waals surface area contributed by atoms with Gasteiger partial charge in [-0.2, -0.15) is 0 Å². The van der Waals surface area contributed by atoms with Gasteiger partial charge in [-0.25, -0.2) is 17.9 Å². The highest BCUT2D eigenvalue weighted by atomic mass is 32.2. The van der Waals surface area contributed by atoms with Crippen LogP contribution in [0, 0.1) is 6.92 Å². The number of rotatable bonds is 10. The Hall–Kier alpha value is -3.75. The molecule has 0 saturated carbocycles. The summed E-state index contributed by atoms with van der Waals surface area (Å²) in [4.78, 5) is 24.4. The molecule has 35 heavy (non-hydrogen) atoms. The predicted octanol–water partition coefficient (Wildman–Crippen LogP) is 4.13. The van der Waals surface area contributed by atoms with Crippen LogP contribution in [0.2, 0.25) is 0 Å². The van der Waals surface area contributed by atoms with E-state index in [1.54, 1.807) is 36.4 Å². The molecular weight excluding hydrogens is 464 g/mol. The van der Waals surface area contributed by atoms with Crippen molar-refractivity contribution in [2.24, 2.45) is 0 Å². The topological polar surface area (TPSA) is 102 Å². The molecule has 1 amide bonds. The molecule has 0 aromatic heterocycles. The molecule has 1 atom stereocenters. The fourth-order valence-electron chi connectivity index (χ4n) is 3.35. The summed E-state index contributed by atoms with van der Waals surface area (Å²) in [6.07, 6.45) is 1.72. The number of hydrogen-bond acceptors (Lipinski definition) is 5.